The van der Waals surface area contributed by atoms with Crippen LogP contribution in [0.5, 0.6) is 0 Å². The Morgan fingerprint density at radius 2 is 2.17 bits per heavy atom. The zero-order valence-corrected chi connectivity index (χ0v) is 14.6. The van der Waals surface area contributed by atoms with Crippen LogP contribution in [0.2, 0.25) is 0 Å². The summed E-state index contributed by atoms with van der Waals surface area (Å²) in [6, 6.07) is 1.75. The van der Waals surface area contributed by atoms with E-state index < -0.39 is 5.60 Å². The lowest BCUT2D eigenvalue weighted by Gasteiger charge is -2.24. The number of aromatic nitrogens is 3. The summed E-state index contributed by atoms with van der Waals surface area (Å²) in [6.07, 6.45) is 3.22. The van der Waals surface area contributed by atoms with Crippen LogP contribution in [0, 0.1) is 12.8 Å². The summed E-state index contributed by atoms with van der Waals surface area (Å²) in [5.41, 5.74) is 1.08. The number of carbonyl (C=O) groups excluding carboxylic acids is 1. The second-order valence-corrected chi connectivity index (χ2v) is 6.93. The molecule has 0 aliphatic carbocycles. The largest absolute Gasteiger partial charge is 0.388 e. The average molecular weight is 318 g/mol. The van der Waals surface area contributed by atoms with E-state index in [1.807, 2.05) is 6.92 Å². The topological polar surface area (TPSA) is 80.0 Å². The van der Waals surface area contributed by atoms with Crippen LogP contribution in [0.3, 0.4) is 0 Å². The molecule has 2 aromatic rings. The quantitative estimate of drug-likeness (QED) is 0.855. The molecule has 2 heterocycles. The van der Waals surface area contributed by atoms with Crippen LogP contribution in [-0.4, -0.2) is 37.9 Å². The molecule has 0 fully saturated rings. The molecule has 23 heavy (non-hydrogen) atoms. The number of hydrogen-bond acceptors (Lipinski definition) is 4. The summed E-state index contributed by atoms with van der Waals surface area (Å²) < 4.78 is 1.65. The first-order chi connectivity index (χ1) is 10.7. The first kappa shape index (κ1) is 17.4. The monoisotopic (exact) mass is 318 g/mol. The van der Waals surface area contributed by atoms with Gasteiger partial charge in [0.05, 0.1) is 22.7 Å². The van der Waals surface area contributed by atoms with Crippen molar-refractivity contribution in [1.29, 1.82) is 0 Å². The maximum atomic E-state index is 12.5. The van der Waals surface area contributed by atoms with Crippen molar-refractivity contribution in [1.82, 2.24) is 20.1 Å². The molecule has 0 saturated heterocycles. The number of nitrogens with zero attached hydrogens (tertiary/aromatic N) is 3. The summed E-state index contributed by atoms with van der Waals surface area (Å²) in [4.78, 5) is 16.9. The minimum atomic E-state index is -0.907. The number of nitrogens with one attached hydrogen (secondary N) is 1. The first-order valence-electron chi connectivity index (χ1n) is 7.99. The van der Waals surface area contributed by atoms with Crippen LogP contribution in [-0.2, 0) is 7.05 Å². The van der Waals surface area contributed by atoms with E-state index in [1.54, 1.807) is 30.9 Å². The van der Waals surface area contributed by atoms with Gasteiger partial charge in [0.15, 0.2) is 5.65 Å². The van der Waals surface area contributed by atoms with Gasteiger partial charge >= 0.3 is 0 Å². The fourth-order valence-electron chi connectivity index (χ4n) is 2.48. The van der Waals surface area contributed by atoms with Crippen LogP contribution in [0.4, 0.5) is 0 Å². The zero-order valence-electron chi connectivity index (χ0n) is 14.6. The van der Waals surface area contributed by atoms with Crippen LogP contribution in [0.1, 0.15) is 49.7 Å². The molecule has 2 aromatic heterocycles. The highest BCUT2D eigenvalue weighted by Gasteiger charge is 2.23. The Bertz CT molecular complexity index is 704. The third-order valence-electron chi connectivity index (χ3n) is 3.97. The van der Waals surface area contributed by atoms with Gasteiger partial charge in [-0.1, -0.05) is 13.8 Å². The molecule has 2 N–H and O–H groups in total. The molecule has 6 nitrogen and oxygen atoms in total. The van der Waals surface area contributed by atoms with Crippen molar-refractivity contribution < 1.29 is 9.90 Å². The highest BCUT2D eigenvalue weighted by molar-refractivity contribution is 6.05. The van der Waals surface area contributed by atoms with Crippen molar-refractivity contribution in [2.24, 2.45) is 13.0 Å². The number of aliphatic hydroxyl groups is 1. The molecule has 0 spiro atoms. The molecular weight excluding hydrogens is 292 g/mol. The van der Waals surface area contributed by atoms with Crippen LogP contribution < -0.4 is 5.32 Å². The second-order valence-electron chi connectivity index (χ2n) is 6.93. The van der Waals surface area contributed by atoms with Gasteiger partial charge in [-0.05, 0) is 38.7 Å². The van der Waals surface area contributed by atoms with Crippen molar-refractivity contribution in [3.05, 3.63) is 23.5 Å². The lowest BCUT2D eigenvalue weighted by Crippen LogP contribution is -2.40. The molecule has 0 radical (unpaired) electrons. The highest BCUT2D eigenvalue weighted by Crippen LogP contribution is 2.19. The molecule has 0 saturated carbocycles. The number of amides is 1. The molecule has 6 heteroatoms. The van der Waals surface area contributed by atoms with Crippen molar-refractivity contribution in [3.8, 4) is 0 Å². The number of pyridine rings is 1. The van der Waals surface area contributed by atoms with Gasteiger partial charge in [-0.15, -0.1) is 0 Å². The van der Waals surface area contributed by atoms with E-state index in [2.05, 4.69) is 29.2 Å². The Morgan fingerprint density at radius 3 is 2.83 bits per heavy atom. The van der Waals surface area contributed by atoms with E-state index in [1.165, 1.54) is 0 Å². The van der Waals surface area contributed by atoms with Gasteiger partial charge < -0.3 is 10.4 Å². The van der Waals surface area contributed by atoms with Gasteiger partial charge in [0.25, 0.3) is 5.91 Å². The maximum Gasteiger partial charge on any atom is 0.252 e. The van der Waals surface area contributed by atoms with Gasteiger partial charge in [0.2, 0.25) is 0 Å². The fraction of sp³-hybridized carbons (Fsp3) is 0.588. The maximum absolute atomic E-state index is 12.5. The molecular formula is C17H26N4O2. The molecule has 126 valence electrons. The summed E-state index contributed by atoms with van der Waals surface area (Å²) in [5, 5.41) is 18.1. The molecule has 0 aromatic carbocycles. The SMILES string of the molecule is Cc1cc(C(=O)NCC(C)(O)CCC(C)C)c2cnn(C)c2n1. The van der Waals surface area contributed by atoms with E-state index in [9.17, 15) is 9.90 Å². The van der Waals surface area contributed by atoms with Crippen LogP contribution in [0.25, 0.3) is 11.0 Å². The minimum Gasteiger partial charge on any atom is -0.388 e. The molecule has 0 bridgehead atoms. The Kier molecular flexibility index (Phi) is 5.04. The van der Waals surface area contributed by atoms with E-state index in [0.29, 0.717) is 23.5 Å². The summed E-state index contributed by atoms with van der Waals surface area (Å²) in [6.45, 7) is 8.07. The Labute approximate surface area is 136 Å². The molecule has 1 amide bonds. The number of rotatable bonds is 6. The molecule has 0 aliphatic rings. The Hall–Kier alpha value is -1.95. The van der Waals surface area contributed by atoms with Gasteiger partial charge in [-0.2, -0.15) is 5.10 Å². The Balaban J connectivity index is 2.12. The lowest BCUT2D eigenvalue weighted by atomic mass is 9.95. The van der Waals surface area contributed by atoms with Crippen molar-refractivity contribution >= 4 is 16.9 Å². The van der Waals surface area contributed by atoms with Gasteiger partial charge in [0, 0.05) is 19.3 Å². The van der Waals surface area contributed by atoms with Crippen molar-refractivity contribution in [3.63, 3.8) is 0 Å². The van der Waals surface area contributed by atoms with Crippen molar-refractivity contribution in [2.75, 3.05) is 6.54 Å². The molecule has 1 unspecified atom stereocenters. The average Bonchev–Trinajstić information content (AvgIpc) is 2.84. The Morgan fingerprint density at radius 1 is 1.48 bits per heavy atom. The standard InChI is InChI=1S/C17H26N4O2/c1-11(2)6-7-17(4,23)10-18-16(22)13-8-12(3)20-15-14(13)9-19-21(15)5/h8-9,11,23H,6-7,10H2,1-5H3,(H,18,22). The van der Waals surface area contributed by atoms with Crippen LogP contribution >= 0.6 is 0 Å². The number of carbonyl (C=O) groups is 1. The van der Waals surface area contributed by atoms with Crippen molar-refractivity contribution in [2.45, 2.75) is 46.1 Å². The number of fused-ring (bicyclic) bond motifs is 1. The third-order valence-corrected chi connectivity index (χ3v) is 3.97. The smallest absolute Gasteiger partial charge is 0.252 e. The summed E-state index contributed by atoms with van der Waals surface area (Å²) in [5.74, 6) is 0.313. The fourth-order valence-corrected chi connectivity index (χ4v) is 2.48. The summed E-state index contributed by atoms with van der Waals surface area (Å²) >= 11 is 0. The van der Waals surface area contributed by atoms with E-state index >= 15 is 0 Å². The summed E-state index contributed by atoms with van der Waals surface area (Å²) in [7, 11) is 1.80. The molecule has 2 rings (SSSR count). The molecule has 1 atom stereocenters. The van der Waals surface area contributed by atoms with E-state index in [4.69, 9.17) is 0 Å². The van der Waals surface area contributed by atoms with Crippen LogP contribution in [0.15, 0.2) is 12.3 Å². The molecule has 0 aliphatic heterocycles. The minimum absolute atomic E-state index is 0.210. The zero-order chi connectivity index (χ0) is 17.2. The number of aryl methyl sites for hydroxylation is 2. The third kappa shape index (κ3) is 4.28. The lowest BCUT2D eigenvalue weighted by molar-refractivity contribution is 0.0429. The van der Waals surface area contributed by atoms with Gasteiger partial charge in [-0.3, -0.25) is 9.48 Å². The van der Waals surface area contributed by atoms with Gasteiger partial charge in [0.1, 0.15) is 0 Å². The van der Waals surface area contributed by atoms with E-state index in [0.717, 1.165) is 17.5 Å². The predicted octanol–water partition coefficient (Wildman–Crippen LogP) is 2.19. The first-order valence-corrected chi connectivity index (χ1v) is 7.99. The predicted molar refractivity (Wildman–Crippen MR) is 90.3 cm³/mol. The normalized spacial score (nSPS) is 14.2. The van der Waals surface area contributed by atoms with E-state index in [-0.39, 0.29) is 12.5 Å². The van der Waals surface area contributed by atoms with Gasteiger partial charge in [-0.25, -0.2) is 4.98 Å². The highest BCUT2D eigenvalue weighted by atomic mass is 16.3. The second kappa shape index (κ2) is 6.66. The number of hydrogen-bond donors (Lipinski definition) is 2.